The largest absolute Gasteiger partial charge is 0.463 e. The van der Waals surface area contributed by atoms with Gasteiger partial charge in [-0.3, -0.25) is 9.59 Å². The maximum atomic E-state index is 13.3. The zero-order chi connectivity index (χ0) is 19.1. The number of nitrogens with zero attached hydrogens (tertiary/aromatic N) is 4. The van der Waals surface area contributed by atoms with Crippen LogP contribution in [-0.2, 0) is 4.79 Å². The smallest absolute Gasteiger partial charge is 0.255 e. The van der Waals surface area contributed by atoms with E-state index in [1.54, 1.807) is 47.2 Å². The van der Waals surface area contributed by atoms with Crippen molar-refractivity contribution in [2.24, 2.45) is 0 Å². The van der Waals surface area contributed by atoms with E-state index in [1.165, 1.54) is 0 Å². The average Bonchev–Trinajstić information content (AvgIpc) is 3.32. The summed E-state index contributed by atoms with van der Waals surface area (Å²) in [4.78, 5) is 31.6. The van der Waals surface area contributed by atoms with Gasteiger partial charge in [-0.25, -0.2) is 9.67 Å². The minimum absolute atomic E-state index is 0.0875. The van der Waals surface area contributed by atoms with Crippen LogP contribution >= 0.6 is 0 Å². The molecule has 0 radical (unpaired) electrons. The van der Waals surface area contributed by atoms with Gasteiger partial charge in [0.15, 0.2) is 11.4 Å². The van der Waals surface area contributed by atoms with E-state index in [1.807, 2.05) is 13.8 Å². The van der Waals surface area contributed by atoms with E-state index < -0.39 is 6.04 Å². The summed E-state index contributed by atoms with van der Waals surface area (Å²) in [5, 5.41) is 7.86. The van der Waals surface area contributed by atoms with Crippen molar-refractivity contribution < 1.29 is 14.0 Å². The van der Waals surface area contributed by atoms with Crippen LogP contribution < -0.4 is 5.32 Å². The van der Waals surface area contributed by atoms with Crippen molar-refractivity contribution >= 4 is 22.8 Å². The number of carbonyl (C=O) groups excluding carboxylic acids is 2. The van der Waals surface area contributed by atoms with Gasteiger partial charge in [-0.15, -0.1) is 0 Å². The number of hydrogen-bond donors (Lipinski definition) is 1. The molecule has 0 bridgehead atoms. The van der Waals surface area contributed by atoms with E-state index in [0.717, 1.165) is 0 Å². The Balaban J connectivity index is 1.88. The Kier molecular flexibility index (Phi) is 4.18. The lowest BCUT2D eigenvalue weighted by Gasteiger charge is -2.33. The Morgan fingerprint density at radius 2 is 2.22 bits per heavy atom. The van der Waals surface area contributed by atoms with Gasteiger partial charge in [-0.1, -0.05) is 0 Å². The van der Waals surface area contributed by atoms with Crippen molar-refractivity contribution in [2.75, 3.05) is 13.1 Å². The molecule has 0 aliphatic carbocycles. The van der Waals surface area contributed by atoms with Crippen molar-refractivity contribution in [1.82, 2.24) is 25.0 Å². The molecule has 0 aromatic carbocycles. The van der Waals surface area contributed by atoms with E-state index in [9.17, 15) is 9.59 Å². The SMILES string of the molecule is CC1C(=O)NCCN1C(=O)c1cc(-c2ccco2)nc2c1cnn2C(C)C. The Hall–Kier alpha value is -3.16. The first kappa shape index (κ1) is 17.3. The molecule has 2 amide bonds. The molecule has 140 valence electrons. The summed E-state index contributed by atoms with van der Waals surface area (Å²) in [7, 11) is 0. The summed E-state index contributed by atoms with van der Waals surface area (Å²) < 4.78 is 7.27. The molecular weight excluding hydrogens is 346 g/mol. The molecule has 1 fully saturated rings. The molecule has 1 saturated heterocycles. The van der Waals surface area contributed by atoms with Gasteiger partial charge in [0.05, 0.1) is 23.4 Å². The second-order valence-electron chi connectivity index (χ2n) is 6.92. The molecule has 27 heavy (non-hydrogen) atoms. The predicted octanol–water partition coefficient (Wildman–Crippen LogP) is 2.23. The van der Waals surface area contributed by atoms with Gasteiger partial charge in [0.25, 0.3) is 5.91 Å². The maximum absolute atomic E-state index is 13.3. The van der Waals surface area contributed by atoms with Gasteiger partial charge >= 0.3 is 0 Å². The molecule has 1 aliphatic heterocycles. The van der Waals surface area contributed by atoms with Crippen LogP contribution in [0.2, 0.25) is 0 Å². The molecule has 4 heterocycles. The molecule has 8 nitrogen and oxygen atoms in total. The second kappa shape index (κ2) is 6.53. The third-order valence-electron chi connectivity index (χ3n) is 4.82. The fraction of sp³-hybridized carbons (Fsp3) is 0.368. The molecule has 1 unspecified atom stereocenters. The van der Waals surface area contributed by atoms with Crippen LogP contribution in [0, 0.1) is 0 Å². The number of amides is 2. The first-order valence-corrected chi connectivity index (χ1v) is 8.98. The summed E-state index contributed by atoms with van der Waals surface area (Å²) in [6, 6.07) is 4.86. The number of fused-ring (bicyclic) bond motifs is 1. The number of hydrogen-bond acceptors (Lipinski definition) is 5. The quantitative estimate of drug-likeness (QED) is 0.766. The molecule has 0 saturated carbocycles. The number of carbonyl (C=O) groups is 2. The number of piperazine rings is 1. The molecule has 3 aromatic heterocycles. The van der Waals surface area contributed by atoms with Crippen LogP contribution in [0.4, 0.5) is 0 Å². The zero-order valence-electron chi connectivity index (χ0n) is 15.5. The Morgan fingerprint density at radius 3 is 2.93 bits per heavy atom. The van der Waals surface area contributed by atoms with Crippen LogP contribution in [-0.4, -0.2) is 50.6 Å². The molecule has 3 aromatic rings. The van der Waals surface area contributed by atoms with E-state index in [2.05, 4.69) is 15.4 Å². The average molecular weight is 367 g/mol. The highest BCUT2D eigenvalue weighted by molar-refractivity contribution is 6.07. The lowest BCUT2D eigenvalue weighted by molar-refractivity contribution is -0.127. The number of rotatable bonds is 3. The predicted molar refractivity (Wildman–Crippen MR) is 99.1 cm³/mol. The molecule has 4 rings (SSSR count). The fourth-order valence-corrected chi connectivity index (χ4v) is 3.34. The maximum Gasteiger partial charge on any atom is 0.255 e. The van der Waals surface area contributed by atoms with Gasteiger partial charge in [0.1, 0.15) is 11.7 Å². The van der Waals surface area contributed by atoms with Crippen molar-refractivity contribution in [3.63, 3.8) is 0 Å². The second-order valence-corrected chi connectivity index (χ2v) is 6.92. The molecule has 8 heteroatoms. The van der Waals surface area contributed by atoms with Crippen molar-refractivity contribution in [3.8, 4) is 11.5 Å². The summed E-state index contributed by atoms with van der Waals surface area (Å²) in [6.45, 7) is 6.65. The van der Waals surface area contributed by atoms with Crippen LogP contribution in [0.1, 0.15) is 37.2 Å². The summed E-state index contributed by atoms with van der Waals surface area (Å²) in [6.07, 6.45) is 3.23. The highest BCUT2D eigenvalue weighted by Gasteiger charge is 2.31. The zero-order valence-corrected chi connectivity index (χ0v) is 15.5. The topological polar surface area (TPSA) is 93.3 Å². The molecule has 1 atom stereocenters. The molecule has 1 N–H and O–H groups in total. The van der Waals surface area contributed by atoms with E-state index in [0.29, 0.717) is 41.1 Å². The number of aromatic nitrogens is 3. The van der Waals surface area contributed by atoms with Crippen LogP contribution in [0.3, 0.4) is 0 Å². The number of nitrogens with one attached hydrogen (secondary N) is 1. The lowest BCUT2D eigenvalue weighted by Crippen LogP contribution is -2.55. The van der Waals surface area contributed by atoms with Gasteiger partial charge < -0.3 is 14.6 Å². The minimum Gasteiger partial charge on any atom is -0.463 e. The van der Waals surface area contributed by atoms with E-state index >= 15 is 0 Å². The van der Waals surface area contributed by atoms with Crippen LogP contribution in [0.5, 0.6) is 0 Å². The third-order valence-corrected chi connectivity index (χ3v) is 4.82. The van der Waals surface area contributed by atoms with Crippen LogP contribution in [0.15, 0.2) is 35.1 Å². The Bertz CT molecular complexity index is 1010. The normalized spacial score (nSPS) is 17.6. The Morgan fingerprint density at radius 1 is 1.41 bits per heavy atom. The van der Waals surface area contributed by atoms with E-state index in [-0.39, 0.29) is 17.9 Å². The number of pyridine rings is 1. The van der Waals surface area contributed by atoms with Crippen molar-refractivity contribution in [1.29, 1.82) is 0 Å². The number of furan rings is 1. The van der Waals surface area contributed by atoms with Crippen molar-refractivity contribution in [2.45, 2.75) is 32.9 Å². The van der Waals surface area contributed by atoms with E-state index in [4.69, 9.17) is 4.42 Å². The van der Waals surface area contributed by atoms with Crippen LogP contribution in [0.25, 0.3) is 22.5 Å². The van der Waals surface area contributed by atoms with Gasteiger partial charge in [0.2, 0.25) is 5.91 Å². The standard InChI is InChI=1S/C19H21N5O3/c1-11(2)24-17-14(10-21-24)13(9-15(22-17)16-5-4-8-27-16)19(26)23-7-6-20-18(25)12(23)3/h4-5,8-12H,6-7H2,1-3H3,(H,20,25). The Labute approximate surface area is 156 Å². The highest BCUT2D eigenvalue weighted by atomic mass is 16.3. The molecular formula is C19H21N5O3. The molecule has 0 spiro atoms. The fourth-order valence-electron chi connectivity index (χ4n) is 3.34. The summed E-state index contributed by atoms with van der Waals surface area (Å²) in [5.41, 5.74) is 1.66. The van der Waals surface area contributed by atoms with Crippen molar-refractivity contribution in [3.05, 3.63) is 36.2 Å². The first-order chi connectivity index (χ1) is 13.0. The first-order valence-electron chi connectivity index (χ1n) is 8.98. The third kappa shape index (κ3) is 2.87. The van der Waals surface area contributed by atoms with Gasteiger partial charge in [-0.2, -0.15) is 5.10 Å². The highest BCUT2D eigenvalue weighted by Crippen LogP contribution is 2.28. The summed E-state index contributed by atoms with van der Waals surface area (Å²) in [5.74, 6) is 0.219. The minimum atomic E-state index is -0.526. The monoisotopic (exact) mass is 367 g/mol. The lowest BCUT2D eigenvalue weighted by atomic mass is 10.1. The van der Waals surface area contributed by atoms with Gasteiger partial charge in [0, 0.05) is 19.1 Å². The summed E-state index contributed by atoms with van der Waals surface area (Å²) >= 11 is 0. The van der Waals surface area contributed by atoms with Gasteiger partial charge in [-0.05, 0) is 39.0 Å². The molecule has 1 aliphatic rings.